The number of nitrogens with two attached hydrogens (primary N) is 1. The summed E-state index contributed by atoms with van der Waals surface area (Å²) in [6.07, 6.45) is 2.61. The van der Waals surface area contributed by atoms with Crippen molar-refractivity contribution in [2.24, 2.45) is 16.3 Å². The number of rotatable bonds is 4. The molecule has 0 amide bonds. The van der Waals surface area contributed by atoms with Gasteiger partial charge >= 0.3 is 0 Å². The minimum absolute atomic E-state index is 0.256. The molecule has 0 spiro atoms. The Bertz CT molecular complexity index is 571. The summed E-state index contributed by atoms with van der Waals surface area (Å²) in [4.78, 5) is 4.34. The number of benzene rings is 1. The summed E-state index contributed by atoms with van der Waals surface area (Å²) < 4.78 is 2.09. The number of nitrogens with zero attached hydrogens (tertiary/aromatic N) is 3. The Balaban J connectivity index is 2.16. The molecule has 5 nitrogen and oxygen atoms in total. The van der Waals surface area contributed by atoms with E-state index in [4.69, 9.17) is 10.9 Å². The number of fused-ring (bicyclic) bond motifs is 1. The van der Waals surface area contributed by atoms with Crippen molar-refractivity contribution in [1.29, 1.82) is 0 Å². The fraction of sp³-hybridized carbons (Fsp3) is 0.385. The number of aryl methyl sites for hydroxylation is 1. The van der Waals surface area contributed by atoms with Crippen LogP contribution in [0.15, 0.2) is 35.7 Å². The fourth-order valence-electron chi connectivity index (χ4n) is 1.85. The predicted octanol–water partition coefficient (Wildman–Crippen LogP) is 2.20. The molecule has 0 fully saturated rings. The van der Waals surface area contributed by atoms with E-state index >= 15 is 0 Å². The molecule has 18 heavy (non-hydrogen) atoms. The molecule has 1 aromatic carbocycles. The maximum absolute atomic E-state index is 8.74. The van der Waals surface area contributed by atoms with Crippen LogP contribution >= 0.6 is 0 Å². The third-order valence-electron chi connectivity index (χ3n) is 3.31. The summed E-state index contributed by atoms with van der Waals surface area (Å²) in [5.74, 6) is 0.256. The molecule has 0 aliphatic rings. The molecule has 96 valence electrons. The lowest BCUT2D eigenvalue weighted by Crippen LogP contribution is -2.32. The van der Waals surface area contributed by atoms with Crippen molar-refractivity contribution in [2.75, 3.05) is 0 Å². The second-order valence-electron chi connectivity index (χ2n) is 5.05. The van der Waals surface area contributed by atoms with Gasteiger partial charge in [0.05, 0.1) is 17.4 Å². The zero-order valence-electron chi connectivity index (χ0n) is 10.7. The summed E-state index contributed by atoms with van der Waals surface area (Å²) in [6, 6.07) is 7.99. The molecule has 0 radical (unpaired) electrons. The molecule has 0 saturated heterocycles. The van der Waals surface area contributed by atoms with Crippen molar-refractivity contribution in [3.63, 3.8) is 0 Å². The molecule has 0 aliphatic heterocycles. The van der Waals surface area contributed by atoms with Crippen molar-refractivity contribution in [3.8, 4) is 0 Å². The van der Waals surface area contributed by atoms with Gasteiger partial charge in [-0.3, -0.25) is 0 Å². The quantitative estimate of drug-likeness (QED) is 0.376. The topological polar surface area (TPSA) is 76.4 Å². The van der Waals surface area contributed by atoms with Crippen molar-refractivity contribution < 1.29 is 5.21 Å². The summed E-state index contributed by atoms with van der Waals surface area (Å²) in [5, 5.41) is 11.8. The van der Waals surface area contributed by atoms with Gasteiger partial charge in [-0.1, -0.05) is 31.1 Å². The molecule has 2 aromatic rings. The number of imidazole rings is 1. The Morgan fingerprint density at radius 3 is 2.89 bits per heavy atom. The van der Waals surface area contributed by atoms with Gasteiger partial charge in [-0.05, 0) is 18.6 Å². The Labute approximate surface area is 106 Å². The first kappa shape index (κ1) is 12.4. The second-order valence-corrected chi connectivity index (χ2v) is 5.05. The van der Waals surface area contributed by atoms with Crippen LogP contribution in [0.25, 0.3) is 11.0 Å². The molecule has 1 heterocycles. The average molecular weight is 246 g/mol. The van der Waals surface area contributed by atoms with Crippen molar-refractivity contribution in [1.82, 2.24) is 9.55 Å². The first-order chi connectivity index (χ1) is 8.54. The largest absolute Gasteiger partial charge is 0.409 e. The Morgan fingerprint density at radius 1 is 1.44 bits per heavy atom. The molecule has 0 saturated carbocycles. The lowest BCUT2D eigenvalue weighted by atomic mass is 9.88. The van der Waals surface area contributed by atoms with E-state index in [1.54, 1.807) is 0 Å². The van der Waals surface area contributed by atoms with Gasteiger partial charge in [0.25, 0.3) is 0 Å². The number of hydrogen-bond donors (Lipinski definition) is 2. The smallest absolute Gasteiger partial charge is 0.144 e. The van der Waals surface area contributed by atoms with Gasteiger partial charge in [0.1, 0.15) is 5.84 Å². The maximum Gasteiger partial charge on any atom is 0.144 e. The molecule has 0 aliphatic carbocycles. The SMILES string of the molecule is CC(C)(CCn1cnc2ccccc21)C(N)=NO. The van der Waals surface area contributed by atoms with Crippen LogP contribution in [0.3, 0.4) is 0 Å². The van der Waals surface area contributed by atoms with E-state index in [1.165, 1.54) is 0 Å². The van der Waals surface area contributed by atoms with Crippen molar-refractivity contribution >= 4 is 16.9 Å². The van der Waals surface area contributed by atoms with Gasteiger partial charge in [-0.2, -0.15) is 0 Å². The summed E-state index contributed by atoms with van der Waals surface area (Å²) in [7, 11) is 0. The molecule has 5 heteroatoms. The molecular weight excluding hydrogens is 228 g/mol. The highest BCUT2D eigenvalue weighted by atomic mass is 16.4. The van der Waals surface area contributed by atoms with Gasteiger partial charge in [0.2, 0.25) is 0 Å². The number of para-hydroxylation sites is 2. The standard InChI is InChI=1S/C13H18N4O/c1-13(2,12(14)16-18)7-8-17-9-15-10-5-3-4-6-11(10)17/h3-6,9,18H,7-8H2,1-2H3,(H2,14,16). The van der Waals surface area contributed by atoms with Crippen LogP contribution in [0.5, 0.6) is 0 Å². The second kappa shape index (κ2) is 4.68. The number of oxime groups is 1. The fourth-order valence-corrected chi connectivity index (χ4v) is 1.85. The summed E-state index contributed by atoms with van der Waals surface area (Å²) in [6.45, 7) is 4.70. The first-order valence-corrected chi connectivity index (χ1v) is 5.92. The van der Waals surface area contributed by atoms with Crippen LogP contribution in [-0.4, -0.2) is 20.6 Å². The van der Waals surface area contributed by atoms with E-state index in [0.29, 0.717) is 0 Å². The number of aromatic nitrogens is 2. The lowest BCUT2D eigenvalue weighted by molar-refractivity contribution is 0.303. The van der Waals surface area contributed by atoms with Crippen LogP contribution in [0, 0.1) is 5.41 Å². The predicted molar refractivity (Wildman–Crippen MR) is 71.5 cm³/mol. The van der Waals surface area contributed by atoms with Crippen LogP contribution in [-0.2, 0) is 6.54 Å². The van der Waals surface area contributed by atoms with E-state index in [1.807, 2.05) is 44.4 Å². The van der Waals surface area contributed by atoms with Crippen LogP contribution < -0.4 is 5.73 Å². The minimum atomic E-state index is -0.333. The zero-order valence-corrected chi connectivity index (χ0v) is 10.7. The van der Waals surface area contributed by atoms with Gasteiger partial charge < -0.3 is 15.5 Å². The van der Waals surface area contributed by atoms with Crippen LogP contribution in [0.1, 0.15) is 20.3 Å². The van der Waals surface area contributed by atoms with E-state index in [-0.39, 0.29) is 11.3 Å². The number of amidine groups is 1. The molecule has 0 bridgehead atoms. The lowest BCUT2D eigenvalue weighted by Gasteiger charge is -2.22. The van der Waals surface area contributed by atoms with Crippen molar-refractivity contribution in [3.05, 3.63) is 30.6 Å². The highest BCUT2D eigenvalue weighted by Crippen LogP contribution is 2.22. The van der Waals surface area contributed by atoms with E-state index < -0.39 is 0 Å². The van der Waals surface area contributed by atoms with Gasteiger partial charge in [0, 0.05) is 12.0 Å². The first-order valence-electron chi connectivity index (χ1n) is 5.92. The molecule has 1 aromatic heterocycles. The average Bonchev–Trinajstić information content (AvgIpc) is 2.78. The Kier molecular flexibility index (Phi) is 3.23. The molecule has 3 N–H and O–H groups in total. The molecule has 2 rings (SSSR count). The normalized spacial score (nSPS) is 13.1. The Morgan fingerprint density at radius 2 is 2.17 bits per heavy atom. The Hall–Kier alpha value is -2.04. The minimum Gasteiger partial charge on any atom is -0.409 e. The third-order valence-corrected chi connectivity index (χ3v) is 3.31. The highest BCUT2D eigenvalue weighted by Gasteiger charge is 2.23. The molecule has 0 atom stereocenters. The third kappa shape index (κ3) is 2.30. The van der Waals surface area contributed by atoms with Gasteiger partial charge in [-0.25, -0.2) is 4.98 Å². The van der Waals surface area contributed by atoms with E-state index in [0.717, 1.165) is 24.0 Å². The van der Waals surface area contributed by atoms with Gasteiger partial charge in [0.15, 0.2) is 0 Å². The van der Waals surface area contributed by atoms with E-state index in [2.05, 4.69) is 14.7 Å². The van der Waals surface area contributed by atoms with Crippen LogP contribution in [0.4, 0.5) is 0 Å². The molecular formula is C13H18N4O. The van der Waals surface area contributed by atoms with Crippen molar-refractivity contribution in [2.45, 2.75) is 26.8 Å². The van der Waals surface area contributed by atoms with E-state index in [9.17, 15) is 0 Å². The number of hydrogen-bond acceptors (Lipinski definition) is 3. The van der Waals surface area contributed by atoms with Gasteiger partial charge in [-0.15, -0.1) is 0 Å². The summed E-state index contributed by atoms with van der Waals surface area (Å²) >= 11 is 0. The molecule has 0 unspecified atom stereocenters. The highest BCUT2D eigenvalue weighted by molar-refractivity contribution is 5.85. The summed E-state index contributed by atoms with van der Waals surface area (Å²) in [5.41, 5.74) is 7.43. The monoisotopic (exact) mass is 246 g/mol. The van der Waals surface area contributed by atoms with Crippen LogP contribution in [0.2, 0.25) is 0 Å². The zero-order chi connectivity index (χ0) is 13.2. The maximum atomic E-state index is 8.74.